The van der Waals surface area contributed by atoms with Gasteiger partial charge in [-0.2, -0.15) is 0 Å². The summed E-state index contributed by atoms with van der Waals surface area (Å²) in [5.74, 6) is 3.59. The van der Waals surface area contributed by atoms with Crippen molar-refractivity contribution in [3.8, 4) is 17.1 Å². The number of nitro groups is 1. The third-order valence-corrected chi connectivity index (χ3v) is 13.1. The van der Waals surface area contributed by atoms with Gasteiger partial charge in [-0.25, -0.2) is 0 Å². The minimum atomic E-state index is -5.42. The van der Waals surface area contributed by atoms with Gasteiger partial charge < -0.3 is 0 Å². The minimum absolute atomic E-state index is 0.0504. The average Bonchev–Trinajstić information content (AvgIpc) is 3.83. The van der Waals surface area contributed by atoms with E-state index in [4.69, 9.17) is 278 Å². The molecule has 0 bridgehead atoms. The van der Waals surface area contributed by atoms with E-state index < -0.39 is 33.0 Å². The van der Waals surface area contributed by atoms with Crippen LogP contribution in [-0.4, -0.2) is 66.9 Å². The van der Waals surface area contributed by atoms with Crippen molar-refractivity contribution in [2.75, 3.05) is 0 Å². The Balaban J connectivity index is 0.000000710. The van der Waals surface area contributed by atoms with Crippen LogP contribution in [0.1, 0.15) is 75.0 Å². The summed E-state index contributed by atoms with van der Waals surface area (Å²) in [6.07, 6.45) is 0.647. The van der Waals surface area contributed by atoms with E-state index in [1.54, 1.807) is 36.4 Å². The number of aryl methyl sites for hydroxylation is 6. The molecule has 0 saturated carbocycles. The maximum atomic E-state index is 13.9. The van der Waals surface area contributed by atoms with Crippen LogP contribution >= 0.6 is 263 Å². The topological polar surface area (TPSA) is 108 Å². The molecule has 12 nitrogen and oxygen atoms in total. The molecule has 3 aromatic carbocycles. The van der Waals surface area contributed by atoms with Crippen LogP contribution in [-0.2, 0) is 38.9 Å². The van der Waals surface area contributed by atoms with Gasteiger partial charge in [0.25, 0.3) is 17.5 Å². The van der Waals surface area contributed by atoms with Crippen LogP contribution in [0.5, 0.6) is 0 Å². The van der Waals surface area contributed by atoms with Gasteiger partial charge in [0, 0.05) is 79.3 Å². The summed E-state index contributed by atoms with van der Waals surface area (Å²) in [7, 11) is 74.9. The van der Waals surface area contributed by atoms with Crippen molar-refractivity contribution < 1.29 is 19.0 Å². The molecule has 82 heavy (non-hydrogen) atoms. The van der Waals surface area contributed by atoms with Crippen molar-refractivity contribution in [1.82, 2.24) is 29.0 Å². The monoisotopic (exact) mass is 2000 g/mol. The van der Waals surface area contributed by atoms with Crippen LogP contribution in [0.15, 0.2) is 36.4 Å². The number of aromatic nitrogens is 9. The van der Waals surface area contributed by atoms with Crippen LogP contribution in [0.4, 0.5) is 0 Å². The molecule has 0 spiro atoms. The van der Waals surface area contributed by atoms with Crippen LogP contribution < -0.4 is 14.0 Å². The summed E-state index contributed by atoms with van der Waals surface area (Å²) in [5.41, 5.74) is -0.185. The summed E-state index contributed by atoms with van der Waals surface area (Å²) in [6.45, 7) is 13.0. The predicted molar refractivity (Wildman–Crippen MR) is 365 cm³/mol. The third kappa shape index (κ3) is 29.2. The molecular formula is C40H42Cl27N10O2Sb3. The molecule has 0 atom stereocenters. The van der Waals surface area contributed by atoms with Crippen molar-refractivity contribution in [1.29, 1.82) is 0 Å². The van der Waals surface area contributed by atoms with Gasteiger partial charge in [0.2, 0.25) is 5.54 Å². The van der Waals surface area contributed by atoms with E-state index in [9.17, 15) is 10.1 Å². The Hall–Kier alpha value is 4.76. The first-order chi connectivity index (χ1) is 36.2. The number of nitrogens with zero attached hydrogens (tertiary/aromatic N) is 10. The van der Waals surface area contributed by atoms with Crippen LogP contribution in [0.25, 0.3) is 17.1 Å². The predicted octanol–water partition coefficient (Wildman–Crippen LogP) is 22.5. The fourth-order valence-corrected chi connectivity index (χ4v) is 10.9. The van der Waals surface area contributed by atoms with Gasteiger partial charge >= 0.3 is 204 Å². The molecule has 0 aliphatic heterocycles. The molecule has 0 radical (unpaired) electrons. The normalized spacial score (nSPS) is 14.8. The molecule has 0 fully saturated rings. The molecule has 0 aliphatic carbocycles. The second-order valence-electron chi connectivity index (χ2n) is 17.3. The van der Waals surface area contributed by atoms with E-state index in [1.165, 1.54) is 0 Å². The standard InChI is InChI=1S/C40H42Cl9N10O2.18ClH.3Sb/c1-7-53-22(4)50-34(56(53)37-28(44)16-25(41)17-29(37)45)10-13-40(59(60)61,14-11-35-51-23(5)54(8-2)57(35)38-30(46)18-26(42)19-31(38)47)15-12-36-52-24(6)55(9-3)58(36)39-32(48)20-27(43)21-33(39)49;;;;;;;;;;;;;;;;;;;;;/h16-21H,7-15H2,1-6H3;18*1H;;;/q+3;;;;;;;;;;;;;;;;;;;3*+5/p-18. The summed E-state index contributed by atoms with van der Waals surface area (Å²) < 4.78 is 11.2. The molecule has 42 heteroatoms. The maximum absolute atomic E-state index is 13.9. The number of benzene rings is 3. The fourth-order valence-electron chi connectivity index (χ4n) is 7.97. The molecule has 0 amide bonds. The first kappa shape index (κ1) is 81.0. The Morgan fingerprint density at radius 2 is 0.585 bits per heavy atom. The van der Waals surface area contributed by atoms with Crippen molar-refractivity contribution in [2.24, 2.45) is 0 Å². The zero-order valence-electron chi connectivity index (χ0n) is 42.2. The van der Waals surface area contributed by atoms with Crippen molar-refractivity contribution in [2.45, 2.75) is 105 Å². The summed E-state index contributed by atoms with van der Waals surface area (Å²) in [5, 5.41) is 16.8. The van der Waals surface area contributed by atoms with Gasteiger partial charge in [0.15, 0.2) is 0 Å². The Bertz CT molecular complexity index is 2940. The van der Waals surface area contributed by atoms with Gasteiger partial charge in [-0.3, -0.25) is 10.1 Å². The van der Waals surface area contributed by atoms with Crippen LogP contribution in [0.2, 0.25) is 45.2 Å². The first-order valence-electron chi connectivity index (χ1n) is 22.4. The summed E-state index contributed by atoms with van der Waals surface area (Å²) in [6, 6.07) is 9.60. The molecule has 6 rings (SSSR count). The zero-order chi connectivity index (χ0) is 63.9. The molecular weight excluding hydrogens is 1980 g/mol. The van der Waals surface area contributed by atoms with Gasteiger partial charge in [0.1, 0.15) is 36.7 Å². The molecule has 468 valence electrons. The van der Waals surface area contributed by atoms with Crippen LogP contribution in [0, 0.1) is 30.9 Å². The molecule has 3 heterocycles. The number of hydrogen-bond acceptors (Lipinski definition) is 5. The SMILES string of the molecule is CC[n+]1c(C)nc(CCC(CCc2nc(C)[n+](CC)n2-c2c(Cl)cc(Cl)cc2Cl)(CCc2nc(C)[n+](CC)n2-c2c(Cl)cc(Cl)cc2Cl)[N+](=O)[O-])n1-c1c(Cl)cc(Cl)cc1Cl.[Cl][Sb-]([Cl])([Cl])([Cl])([Cl])[Cl].[Cl][Sb-]([Cl])([Cl])([Cl])([Cl])[Cl].[Cl][Sb-]([Cl])([Cl])([Cl])([Cl])[Cl]. The Morgan fingerprint density at radius 1 is 0.415 bits per heavy atom. The fraction of sp³-hybridized carbons (Fsp3) is 0.400. The first-order valence-corrected chi connectivity index (χ1v) is 84.0. The van der Waals surface area contributed by atoms with Crippen molar-refractivity contribution in [3.63, 3.8) is 0 Å². The van der Waals surface area contributed by atoms with E-state index in [1.807, 2.05) is 69.6 Å². The molecule has 0 N–H and O–H groups in total. The molecule has 0 saturated heterocycles. The van der Waals surface area contributed by atoms with Crippen molar-refractivity contribution >= 4 is 291 Å². The third-order valence-electron chi connectivity index (χ3n) is 10.8. The Morgan fingerprint density at radius 3 is 0.732 bits per heavy atom. The summed E-state index contributed by atoms with van der Waals surface area (Å²) in [4.78, 5) is 28.4. The van der Waals surface area contributed by atoms with E-state index in [0.29, 0.717) is 117 Å². The van der Waals surface area contributed by atoms with Crippen molar-refractivity contribution in [3.05, 3.63) is 127 Å². The number of halogens is 27. The molecule has 6 aromatic rings. The Kier molecular flexibility index (Phi) is 27.5. The van der Waals surface area contributed by atoms with Crippen LogP contribution in [0.3, 0.4) is 0 Å². The molecule has 0 unspecified atom stereocenters. The molecule has 3 aromatic heterocycles. The Labute approximate surface area is 577 Å². The van der Waals surface area contributed by atoms with E-state index >= 15 is 0 Å². The van der Waals surface area contributed by atoms with Gasteiger partial charge in [0.05, 0.1) is 30.1 Å². The number of hydrogen-bond donors (Lipinski definition) is 0. The van der Waals surface area contributed by atoms with Gasteiger partial charge in [-0.05, 0) is 72.1 Å². The van der Waals surface area contributed by atoms with Gasteiger partial charge in [-0.15, -0.1) is 28.1 Å². The van der Waals surface area contributed by atoms with E-state index in [0.717, 1.165) is 0 Å². The quantitative estimate of drug-likeness (QED) is 0.0415. The zero-order valence-corrected chi connectivity index (χ0v) is 70.2. The number of rotatable bonds is 16. The second kappa shape index (κ2) is 27.8. The van der Waals surface area contributed by atoms with E-state index in [2.05, 4.69) is 0 Å². The molecule has 0 aliphatic rings. The summed E-state index contributed by atoms with van der Waals surface area (Å²) >= 11 is 59.7. The van der Waals surface area contributed by atoms with Gasteiger partial charge in [-0.1, -0.05) is 104 Å². The van der Waals surface area contributed by atoms with E-state index in [-0.39, 0.29) is 43.4 Å². The average molecular weight is 2020 g/mol. The second-order valence-corrected chi connectivity index (χ2v) is 192.